The van der Waals surface area contributed by atoms with Crippen LogP contribution in [0.2, 0.25) is 0 Å². The van der Waals surface area contributed by atoms with E-state index in [0.717, 1.165) is 17.4 Å². The molecule has 1 heteroatoms. The number of carbonyl (C=O) groups excluding carboxylic acids is 1. The Hall–Kier alpha value is -1.11. The van der Waals surface area contributed by atoms with Gasteiger partial charge < -0.3 is 0 Å². The van der Waals surface area contributed by atoms with E-state index in [4.69, 9.17) is 0 Å². The molecule has 74 valence electrons. The van der Waals surface area contributed by atoms with E-state index in [-0.39, 0.29) is 0 Å². The maximum absolute atomic E-state index is 10.8. The van der Waals surface area contributed by atoms with E-state index >= 15 is 0 Å². The van der Waals surface area contributed by atoms with Crippen LogP contribution in [0.25, 0.3) is 0 Å². The summed E-state index contributed by atoms with van der Waals surface area (Å²) in [5.74, 6) is 0.703. The van der Waals surface area contributed by atoms with E-state index in [1.54, 1.807) is 0 Å². The quantitative estimate of drug-likeness (QED) is 0.649. The molecule has 0 aromatic heterocycles. The van der Waals surface area contributed by atoms with Crippen molar-refractivity contribution in [3.63, 3.8) is 0 Å². The number of rotatable bonds is 2. The molecule has 1 fully saturated rings. The molecule has 0 aliphatic heterocycles. The van der Waals surface area contributed by atoms with Crippen molar-refractivity contribution >= 4 is 6.29 Å². The monoisotopic (exact) mass is 188 g/mol. The summed E-state index contributed by atoms with van der Waals surface area (Å²) in [5.41, 5.74) is 3.30. The zero-order valence-corrected chi connectivity index (χ0v) is 8.62. The van der Waals surface area contributed by atoms with E-state index in [0.29, 0.717) is 5.92 Å². The van der Waals surface area contributed by atoms with Gasteiger partial charge in [-0.2, -0.15) is 0 Å². The standard InChI is InChI=1S/C13H16O/c1-10-6-7-12(8-13(10)9-14)11-4-2-3-5-11/h6-9,11H,2-5H2,1H3. The van der Waals surface area contributed by atoms with Gasteiger partial charge in [0.25, 0.3) is 0 Å². The third kappa shape index (κ3) is 1.72. The summed E-state index contributed by atoms with van der Waals surface area (Å²) in [6.07, 6.45) is 6.24. The summed E-state index contributed by atoms with van der Waals surface area (Å²) >= 11 is 0. The SMILES string of the molecule is Cc1ccc(C2CCCC2)cc1C=O. The fourth-order valence-electron chi connectivity index (χ4n) is 2.30. The lowest BCUT2D eigenvalue weighted by molar-refractivity contribution is 0.112. The summed E-state index contributed by atoms with van der Waals surface area (Å²) in [6.45, 7) is 1.99. The van der Waals surface area contributed by atoms with E-state index in [1.807, 2.05) is 6.92 Å². The van der Waals surface area contributed by atoms with Crippen LogP contribution in [0.3, 0.4) is 0 Å². The fraction of sp³-hybridized carbons (Fsp3) is 0.462. The lowest BCUT2D eigenvalue weighted by atomic mass is 9.94. The van der Waals surface area contributed by atoms with Crippen molar-refractivity contribution in [2.24, 2.45) is 0 Å². The second-order valence-electron chi connectivity index (χ2n) is 4.22. The molecular weight excluding hydrogens is 172 g/mol. The minimum atomic E-state index is 0.703. The second-order valence-corrected chi connectivity index (χ2v) is 4.22. The molecule has 0 N–H and O–H groups in total. The Balaban J connectivity index is 2.30. The van der Waals surface area contributed by atoms with Gasteiger partial charge in [-0.1, -0.05) is 25.0 Å². The highest BCUT2D eigenvalue weighted by molar-refractivity contribution is 5.77. The van der Waals surface area contributed by atoms with Crippen LogP contribution < -0.4 is 0 Å². The minimum Gasteiger partial charge on any atom is -0.298 e. The lowest BCUT2D eigenvalue weighted by Crippen LogP contribution is -1.95. The smallest absolute Gasteiger partial charge is 0.150 e. The Kier molecular flexibility index (Phi) is 2.67. The molecule has 0 bridgehead atoms. The van der Waals surface area contributed by atoms with Gasteiger partial charge in [-0.3, -0.25) is 4.79 Å². The molecule has 0 unspecified atom stereocenters. The number of hydrogen-bond acceptors (Lipinski definition) is 1. The number of aryl methyl sites for hydroxylation is 1. The Labute approximate surface area is 85.1 Å². The first-order chi connectivity index (χ1) is 6.81. The third-order valence-electron chi connectivity index (χ3n) is 3.26. The average molecular weight is 188 g/mol. The van der Waals surface area contributed by atoms with Gasteiger partial charge in [0.15, 0.2) is 0 Å². The molecule has 0 amide bonds. The molecule has 0 atom stereocenters. The van der Waals surface area contributed by atoms with Gasteiger partial charge in [0.2, 0.25) is 0 Å². The Morgan fingerprint density at radius 3 is 2.64 bits per heavy atom. The van der Waals surface area contributed by atoms with Crippen molar-refractivity contribution in [1.29, 1.82) is 0 Å². The maximum Gasteiger partial charge on any atom is 0.150 e. The first-order valence-electron chi connectivity index (χ1n) is 5.37. The molecule has 0 saturated heterocycles. The van der Waals surface area contributed by atoms with Crippen LogP contribution in [0.15, 0.2) is 18.2 Å². The summed E-state index contributed by atoms with van der Waals surface area (Å²) in [4.78, 5) is 10.8. The molecule has 0 spiro atoms. The van der Waals surface area contributed by atoms with Gasteiger partial charge in [-0.15, -0.1) is 0 Å². The first kappa shape index (κ1) is 9.45. The first-order valence-corrected chi connectivity index (χ1v) is 5.37. The van der Waals surface area contributed by atoms with Crippen LogP contribution in [-0.4, -0.2) is 6.29 Å². The fourth-order valence-corrected chi connectivity index (χ4v) is 2.30. The van der Waals surface area contributed by atoms with Crippen molar-refractivity contribution in [2.75, 3.05) is 0 Å². The van der Waals surface area contributed by atoms with Gasteiger partial charge in [0.1, 0.15) is 6.29 Å². The normalized spacial score (nSPS) is 17.2. The van der Waals surface area contributed by atoms with E-state index < -0.39 is 0 Å². The summed E-state index contributed by atoms with van der Waals surface area (Å²) in [5, 5.41) is 0. The largest absolute Gasteiger partial charge is 0.298 e. The van der Waals surface area contributed by atoms with Crippen molar-refractivity contribution in [3.8, 4) is 0 Å². The molecule has 0 radical (unpaired) electrons. The van der Waals surface area contributed by atoms with Gasteiger partial charge in [0.05, 0.1) is 0 Å². The van der Waals surface area contributed by atoms with Gasteiger partial charge in [-0.05, 0) is 42.9 Å². The Morgan fingerprint density at radius 2 is 2.00 bits per heavy atom. The van der Waals surface area contributed by atoms with Crippen LogP contribution in [0.1, 0.15) is 53.1 Å². The third-order valence-corrected chi connectivity index (χ3v) is 3.26. The highest BCUT2D eigenvalue weighted by Gasteiger charge is 2.17. The average Bonchev–Trinajstić information content (AvgIpc) is 2.71. The minimum absolute atomic E-state index is 0.703. The highest BCUT2D eigenvalue weighted by Crippen LogP contribution is 2.34. The Morgan fingerprint density at radius 1 is 1.29 bits per heavy atom. The lowest BCUT2D eigenvalue weighted by Gasteiger charge is -2.10. The molecule has 1 aromatic rings. The molecule has 1 nitrogen and oxygen atoms in total. The van der Waals surface area contributed by atoms with Crippen molar-refractivity contribution < 1.29 is 4.79 Å². The van der Waals surface area contributed by atoms with Crippen LogP contribution >= 0.6 is 0 Å². The molecular formula is C13H16O. The molecule has 2 rings (SSSR count). The van der Waals surface area contributed by atoms with Crippen LogP contribution in [-0.2, 0) is 0 Å². The van der Waals surface area contributed by atoms with Gasteiger partial charge >= 0.3 is 0 Å². The molecule has 14 heavy (non-hydrogen) atoms. The predicted octanol–water partition coefficient (Wildman–Crippen LogP) is 3.47. The van der Waals surface area contributed by atoms with E-state index in [9.17, 15) is 4.79 Å². The van der Waals surface area contributed by atoms with E-state index in [2.05, 4.69) is 18.2 Å². The van der Waals surface area contributed by atoms with Crippen molar-refractivity contribution in [3.05, 3.63) is 34.9 Å². The van der Waals surface area contributed by atoms with Crippen LogP contribution in [0.5, 0.6) is 0 Å². The number of aldehydes is 1. The summed E-state index contributed by atoms with van der Waals surface area (Å²) in [6, 6.07) is 6.31. The molecule has 1 aliphatic rings. The van der Waals surface area contributed by atoms with E-state index in [1.165, 1.54) is 31.2 Å². The number of benzene rings is 1. The molecule has 1 aromatic carbocycles. The van der Waals surface area contributed by atoms with Crippen LogP contribution in [0, 0.1) is 6.92 Å². The van der Waals surface area contributed by atoms with Crippen LogP contribution in [0.4, 0.5) is 0 Å². The predicted molar refractivity (Wildman–Crippen MR) is 57.8 cm³/mol. The zero-order valence-electron chi connectivity index (χ0n) is 8.62. The number of carbonyl (C=O) groups is 1. The van der Waals surface area contributed by atoms with Crippen molar-refractivity contribution in [2.45, 2.75) is 38.5 Å². The molecule has 1 aliphatic carbocycles. The molecule has 0 heterocycles. The molecule has 1 saturated carbocycles. The number of hydrogen-bond donors (Lipinski definition) is 0. The summed E-state index contributed by atoms with van der Waals surface area (Å²) in [7, 11) is 0. The zero-order chi connectivity index (χ0) is 9.97. The van der Waals surface area contributed by atoms with Gasteiger partial charge in [-0.25, -0.2) is 0 Å². The highest BCUT2D eigenvalue weighted by atomic mass is 16.1. The Bertz CT molecular complexity index is 335. The summed E-state index contributed by atoms with van der Waals surface area (Å²) < 4.78 is 0. The second kappa shape index (κ2) is 3.95. The van der Waals surface area contributed by atoms with Crippen molar-refractivity contribution in [1.82, 2.24) is 0 Å². The maximum atomic E-state index is 10.8. The topological polar surface area (TPSA) is 17.1 Å². The van der Waals surface area contributed by atoms with Gasteiger partial charge in [0, 0.05) is 5.56 Å².